The van der Waals surface area contributed by atoms with Crippen LogP contribution >= 0.6 is 0 Å². The van der Waals surface area contributed by atoms with Crippen molar-refractivity contribution in [3.63, 3.8) is 0 Å². The summed E-state index contributed by atoms with van der Waals surface area (Å²) in [7, 11) is 0. The van der Waals surface area contributed by atoms with Crippen molar-refractivity contribution < 1.29 is 9.59 Å². The van der Waals surface area contributed by atoms with E-state index in [1.54, 1.807) is 11.0 Å². The van der Waals surface area contributed by atoms with E-state index in [1.165, 1.54) is 0 Å². The minimum atomic E-state index is -0.417. The molecule has 1 aliphatic heterocycles. The molecule has 0 unspecified atom stereocenters. The van der Waals surface area contributed by atoms with Crippen molar-refractivity contribution in [2.45, 2.75) is 51.2 Å². The lowest BCUT2D eigenvalue weighted by molar-refractivity contribution is -0.138. The highest BCUT2D eigenvalue weighted by Crippen LogP contribution is 2.18. The van der Waals surface area contributed by atoms with Gasteiger partial charge >= 0.3 is 0 Å². The number of amides is 2. The summed E-state index contributed by atoms with van der Waals surface area (Å²) in [5.41, 5.74) is 5.86. The highest BCUT2D eigenvalue weighted by molar-refractivity contribution is 5.88. The molecule has 1 aliphatic rings. The van der Waals surface area contributed by atoms with E-state index in [0.29, 0.717) is 25.8 Å². The SMILES string of the molecule is C=CCCC(=O)N1C[C@@H](N)C[C@H]1C(=O)NC(C)C. The maximum atomic E-state index is 12.0. The van der Waals surface area contributed by atoms with Crippen LogP contribution in [0, 0.1) is 0 Å². The topological polar surface area (TPSA) is 75.4 Å². The van der Waals surface area contributed by atoms with Crippen LogP contribution in [0.1, 0.15) is 33.1 Å². The van der Waals surface area contributed by atoms with Gasteiger partial charge < -0.3 is 16.0 Å². The normalized spacial score (nSPS) is 23.2. The zero-order valence-electron chi connectivity index (χ0n) is 11.2. The van der Waals surface area contributed by atoms with E-state index in [4.69, 9.17) is 5.73 Å². The molecule has 5 heteroatoms. The number of carbonyl (C=O) groups excluding carboxylic acids is 2. The summed E-state index contributed by atoms with van der Waals surface area (Å²) in [6.45, 7) is 7.86. The molecule has 0 aromatic heterocycles. The molecule has 1 heterocycles. The summed E-state index contributed by atoms with van der Waals surface area (Å²) in [6, 6.07) is -0.459. The average Bonchev–Trinajstić information content (AvgIpc) is 2.67. The van der Waals surface area contributed by atoms with Crippen LogP contribution < -0.4 is 11.1 Å². The minimum Gasteiger partial charge on any atom is -0.352 e. The monoisotopic (exact) mass is 253 g/mol. The summed E-state index contributed by atoms with van der Waals surface area (Å²) in [5, 5.41) is 2.84. The molecule has 18 heavy (non-hydrogen) atoms. The predicted molar refractivity (Wildman–Crippen MR) is 70.8 cm³/mol. The van der Waals surface area contributed by atoms with E-state index < -0.39 is 6.04 Å². The summed E-state index contributed by atoms with van der Waals surface area (Å²) >= 11 is 0. The van der Waals surface area contributed by atoms with Crippen LogP contribution in [0.25, 0.3) is 0 Å². The van der Waals surface area contributed by atoms with Gasteiger partial charge in [0.15, 0.2) is 0 Å². The average molecular weight is 253 g/mol. The van der Waals surface area contributed by atoms with Crippen molar-refractivity contribution in [2.75, 3.05) is 6.54 Å². The van der Waals surface area contributed by atoms with Gasteiger partial charge in [0, 0.05) is 25.0 Å². The van der Waals surface area contributed by atoms with Gasteiger partial charge in [0.25, 0.3) is 0 Å². The fraction of sp³-hybridized carbons (Fsp3) is 0.692. The molecule has 5 nitrogen and oxygen atoms in total. The van der Waals surface area contributed by atoms with E-state index in [9.17, 15) is 9.59 Å². The Morgan fingerprint density at radius 3 is 2.78 bits per heavy atom. The molecule has 1 rings (SSSR count). The van der Waals surface area contributed by atoms with Crippen LogP contribution in [-0.2, 0) is 9.59 Å². The van der Waals surface area contributed by atoms with Gasteiger partial charge in [-0.1, -0.05) is 6.08 Å². The number of nitrogens with two attached hydrogens (primary N) is 1. The fourth-order valence-electron chi connectivity index (χ4n) is 2.14. The molecule has 102 valence electrons. The van der Waals surface area contributed by atoms with Gasteiger partial charge in [-0.2, -0.15) is 0 Å². The number of nitrogens with one attached hydrogen (secondary N) is 1. The largest absolute Gasteiger partial charge is 0.352 e. The first-order valence-electron chi connectivity index (χ1n) is 6.42. The quantitative estimate of drug-likeness (QED) is 0.697. The van der Waals surface area contributed by atoms with E-state index in [1.807, 2.05) is 13.8 Å². The smallest absolute Gasteiger partial charge is 0.243 e. The van der Waals surface area contributed by atoms with Crippen molar-refractivity contribution >= 4 is 11.8 Å². The van der Waals surface area contributed by atoms with E-state index in [2.05, 4.69) is 11.9 Å². The van der Waals surface area contributed by atoms with Gasteiger partial charge in [-0.25, -0.2) is 0 Å². The van der Waals surface area contributed by atoms with Gasteiger partial charge in [0.1, 0.15) is 6.04 Å². The lowest BCUT2D eigenvalue weighted by Gasteiger charge is -2.24. The Bertz CT molecular complexity index is 328. The van der Waals surface area contributed by atoms with Crippen LogP contribution in [-0.4, -0.2) is 41.4 Å². The Balaban J connectivity index is 2.66. The number of hydrogen-bond donors (Lipinski definition) is 2. The third-order valence-electron chi connectivity index (χ3n) is 2.95. The molecule has 1 saturated heterocycles. The van der Waals surface area contributed by atoms with Crippen molar-refractivity contribution in [3.8, 4) is 0 Å². The lowest BCUT2D eigenvalue weighted by Crippen LogP contribution is -2.47. The third kappa shape index (κ3) is 3.84. The Labute approximate surface area is 108 Å². The maximum absolute atomic E-state index is 12.0. The van der Waals surface area contributed by atoms with E-state index in [-0.39, 0.29) is 23.9 Å². The van der Waals surface area contributed by atoms with Crippen molar-refractivity contribution in [1.29, 1.82) is 0 Å². The molecule has 0 aliphatic carbocycles. The number of allylic oxidation sites excluding steroid dienone is 1. The number of nitrogens with zero attached hydrogens (tertiary/aromatic N) is 1. The molecule has 0 bridgehead atoms. The molecule has 0 aromatic rings. The maximum Gasteiger partial charge on any atom is 0.243 e. The lowest BCUT2D eigenvalue weighted by atomic mass is 10.1. The first kappa shape index (κ1) is 14.7. The Kier molecular flexibility index (Phi) is 5.34. The molecular formula is C13H23N3O2. The van der Waals surface area contributed by atoms with Crippen molar-refractivity contribution in [2.24, 2.45) is 5.73 Å². The second-order valence-corrected chi connectivity index (χ2v) is 5.05. The molecule has 0 saturated carbocycles. The molecular weight excluding hydrogens is 230 g/mol. The molecule has 0 aromatic carbocycles. The van der Waals surface area contributed by atoms with Gasteiger partial charge in [-0.3, -0.25) is 9.59 Å². The zero-order chi connectivity index (χ0) is 13.7. The summed E-state index contributed by atoms with van der Waals surface area (Å²) in [6.07, 6.45) is 3.26. The second kappa shape index (κ2) is 6.54. The van der Waals surface area contributed by atoms with Gasteiger partial charge in [-0.15, -0.1) is 6.58 Å². The molecule has 3 N–H and O–H groups in total. The Morgan fingerprint density at radius 1 is 1.56 bits per heavy atom. The molecule has 2 atom stereocenters. The molecule has 0 radical (unpaired) electrons. The van der Waals surface area contributed by atoms with Crippen LogP contribution in [0.15, 0.2) is 12.7 Å². The minimum absolute atomic E-state index is 0.0215. The molecule has 0 spiro atoms. The summed E-state index contributed by atoms with van der Waals surface area (Å²) in [4.78, 5) is 25.6. The van der Waals surface area contributed by atoms with Gasteiger partial charge in [0.05, 0.1) is 0 Å². The Hall–Kier alpha value is -1.36. The van der Waals surface area contributed by atoms with Crippen LogP contribution in [0.3, 0.4) is 0 Å². The fourth-order valence-corrected chi connectivity index (χ4v) is 2.14. The third-order valence-corrected chi connectivity index (χ3v) is 2.95. The van der Waals surface area contributed by atoms with Crippen LogP contribution in [0.5, 0.6) is 0 Å². The first-order valence-corrected chi connectivity index (χ1v) is 6.42. The first-order chi connectivity index (χ1) is 8.45. The summed E-state index contributed by atoms with van der Waals surface area (Å²) < 4.78 is 0. The predicted octanol–water partition coefficient (Wildman–Crippen LogP) is 0.405. The highest BCUT2D eigenvalue weighted by atomic mass is 16.2. The number of rotatable bonds is 5. The van der Waals surface area contributed by atoms with Gasteiger partial charge in [0.2, 0.25) is 11.8 Å². The van der Waals surface area contributed by atoms with E-state index in [0.717, 1.165) is 0 Å². The van der Waals surface area contributed by atoms with Gasteiger partial charge in [-0.05, 0) is 26.7 Å². The van der Waals surface area contributed by atoms with Crippen molar-refractivity contribution in [1.82, 2.24) is 10.2 Å². The Morgan fingerprint density at radius 2 is 2.22 bits per heavy atom. The summed E-state index contributed by atoms with van der Waals surface area (Å²) in [5.74, 6) is -0.128. The zero-order valence-corrected chi connectivity index (χ0v) is 11.2. The van der Waals surface area contributed by atoms with Crippen LogP contribution in [0.2, 0.25) is 0 Å². The van der Waals surface area contributed by atoms with Crippen LogP contribution in [0.4, 0.5) is 0 Å². The second-order valence-electron chi connectivity index (χ2n) is 5.05. The molecule has 2 amide bonds. The van der Waals surface area contributed by atoms with E-state index >= 15 is 0 Å². The number of carbonyl (C=O) groups is 2. The number of likely N-dealkylation sites (tertiary alicyclic amines) is 1. The highest BCUT2D eigenvalue weighted by Gasteiger charge is 2.37. The molecule has 1 fully saturated rings. The standard InChI is InChI=1S/C13H23N3O2/c1-4-5-6-12(17)16-8-10(14)7-11(16)13(18)15-9(2)3/h4,9-11H,1,5-8,14H2,2-3H3,(H,15,18)/t10-,11-/m0/s1. The van der Waals surface area contributed by atoms with Crippen molar-refractivity contribution in [3.05, 3.63) is 12.7 Å². The number of hydrogen-bond acceptors (Lipinski definition) is 3.